The predicted octanol–water partition coefficient (Wildman–Crippen LogP) is 5.61. The fraction of sp³-hybridized carbons (Fsp3) is 0.293. The smallest absolute Gasteiger partial charge is 0.337 e. The number of halogens is 1. The molecule has 0 unspecified atom stereocenters. The molecule has 8 rings (SSSR count). The predicted molar refractivity (Wildman–Crippen MR) is 200 cm³/mol. The molecule has 264 valence electrons. The molecule has 3 aromatic heterocycles. The van der Waals surface area contributed by atoms with Crippen LogP contribution in [0.2, 0.25) is 0 Å². The van der Waals surface area contributed by atoms with Gasteiger partial charge in [-0.25, -0.2) is 18.7 Å². The molecule has 3 aromatic carbocycles. The maximum absolute atomic E-state index is 14.6. The van der Waals surface area contributed by atoms with E-state index in [-0.39, 0.29) is 23.0 Å². The highest BCUT2D eigenvalue weighted by Crippen LogP contribution is 2.29. The average molecular weight is 698 g/mol. The lowest BCUT2D eigenvalue weighted by Gasteiger charge is -2.30. The van der Waals surface area contributed by atoms with Crippen molar-refractivity contribution in [2.75, 3.05) is 26.2 Å². The molecule has 1 saturated heterocycles. The lowest BCUT2D eigenvalue weighted by atomic mass is 9.90. The van der Waals surface area contributed by atoms with E-state index in [2.05, 4.69) is 49.8 Å². The van der Waals surface area contributed by atoms with Gasteiger partial charge in [0.1, 0.15) is 11.5 Å². The summed E-state index contributed by atoms with van der Waals surface area (Å²) in [6.45, 7) is 5.04. The summed E-state index contributed by atoms with van der Waals surface area (Å²) in [5.74, 6) is -0.911. The summed E-state index contributed by atoms with van der Waals surface area (Å²) < 4.78 is 17.2. The molecule has 1 aliphatic carbocycles. The number of rotatable bonds is 7. The zero-order chi connectivity index (χ0) is 35.6. The van der Waals surface area contributed by atoms with Crippen molar-refractivity contribution in [3.05, 3.63) is 135 Å². The van der Waals surface area contributed by atoms with Gasteiger partial charge in [0.2, 0.25) is 0 Å². The fourth-order valence-corrected chi connectivity index (χ4v) is 7.63. The van der Waals surface area contributed by atoms with Crippen LogP contribution in [-0.4, -0.2) is 62.1 Å². The molecule has 52 heavy (non-hydrogen) atoms. The van der Waals surface area contributed by atoms with Gasteiger partial charge in [-0.1, -0.05) is 60.7 Å². The van der Waals surface area contributed by atoms with E-state index in [9.17, 15) is 18.8 Å². The molecule has 2 aliphatic rings. The molecule has 6 aromatic rings. The SMILES string of the molecule is O=C(N[C@H]1CC[C@@H](n2c(=O)c3cc(F)cnc3n(-c3cccc(-c4ccc(CN5CCCNCC5)cc4)c3)c2=O)CC1)c1cc2ccccc2cn1. The van der Waals surface area contributed by atoms with Crippen LogP contribution in [0.15, 0.2) is 107 Å². The molecule has 0 atom stereocenters. The zero-order valence-corrected chi connectivity index (χ0v) is 28.8. The molecule has 0 bridgehead atoms. The highest BCUT2D eigenvalue weighted by atomic mass is 19.1. The fourth-order valence-electron chi connectivity index (χ4n) is 7.63. The van der Waals surface area contributed by atoms with Crippen LogP contribution in [0.5, 0.6) is 0 Å². The van der Waals surface area contributed by atoms with Crippen LogP contribution in [-0.2, 0) is 6.54 Å². The van der Waals surface area contributed by atoms with E-state index in [1.165, 1.54) is 14.7 Å². The number of benzene rings is 3. The molecule has 2 N–H and O–H groups in total. The Kier molecular flexibility index (Phi) is 9.44. The van der Waals surface area contributed by atoms with Crippen molar-refractivity contribution in [3.8, 4) is 16.8 Å². The second-order valence-electron chi connectivity index (χ2n) is 13.8. The Morgan fingerprint density at radius 3 is 2.46 bits per heavy atom. The van der Waals surface area contributed by atoms with E-state index in [4.69, 9.17) is 0 Å². The van der Waals surface area contributed by atoms with Gasteiger partial charge in [0.05, 0.1) is 17.3 Å². The first kappa shape index (κ1) is 33.6. The Balaban J connectivity index is 1.05. The van der Waals surface area contributed by atoms with Crippen LogP contribution >= 0.6 is 0 Å². The molecular formula is C41H40FN7O3. The summed E-state index contributed by atoms with van der Waals surface area (Å²) in [7, 11) is 0. The maximum atomic E-state index is 14.6. The van der Waals surface area contributed by atoms with Crippen molar-refractivity contribution in [2.45, 2.75) is 50.7 Å². The van der Waals surface area contributed by atoms with Crippen LogP contribution in [0.1, 0.15) is 54.2 Å². The highest BCUT2D eigenvalue weighted by Gasteiger charge is 2.28. The normalized spacial score (nSPS) is 18.3. The Labute approximate surface area is 300 Å². The van der Waals surface area contributed by atoms with Crippen LogP contribution in [0, 0.1) is 5.82 Å². The van der Waals surface area contributed by atoms with Gasteiger partial charge in [0.25, 0.3) is 11.5 Å². The summed E-state index contributed by atoms with van der Waals surface area (Å²) in [5, 5.41) is 8.47. The number of hydrogen-bond donors (Lipinski definition) is 2. The molecule has 1 amide bonds. The van der Waals surface area contributed by atoms with Crippen molar-refractivity contribution in [1.82, 2.24) is 34.6 Å². The number of nitrogens with one attached hydrogen (secondary N) is 2. The van der Waals surface area contributed by atoms with Gasteiger partial charge in [-0.2, -0.15) is 0 Å². The number of amides is 1. The second kappa shape index (κ2) is 14.6. The van der Waals surface area contributed by atoms with E-state index in [1.54, 1.807) is 18.3 Å². The third-order valence-corrected chi connectivity index (χ3v) is 10.4. The summed E-state index contributed by atoms with van der Waals surface area (Å²) in [6.07, 6.45) is 5.96. The Morgan fingerprint density at radius 2 is 1.63 bits per heavy atom. The first-order valence-corrected chi connectivity index (χ1v) is 18.0. The lowest BCUT2D eigenvalue weighted by molar-refractivity contribution is 0.0917. The molecule has 1 aliphatic heterocycles. The van der Waals surface area contributed by atoms with Crippen LogP contribution < -0.4 is 21.9 Å². The van der Waals surface area contributed by atoms with E-state index >= 15 is 0 Å². The van der Waals surface area contributed by atoms with E-state index in [0.717, 1.165) is 73.3 Å². The van der Waals surface area contributed by atoms with Crippen LogP contribution in [0.3, 0.4) is 0 Å². The Morgan fingerprint density at radius 1 is 0.827 bits per heavy atom. The Hall–Kier alpha value is -5.52. The van der Waals surface area contributed by atoms with Gasteiger partial charge in [0.15, 0.2) is 5.65 Å². The first-order valence-electron chi connectivity index (χ1n) is 18.0. The Bertz CT molecular complexity index is 2370. The molecule has 1 saturated carbocycles. The van der Waals surface area contributed by atoms with Gasteiger partial charge in [-0.15, -0.1) is 0 Å². The van der Waals surface area contributed by atoms with Crippen molar-refractivity contribution in [1.29, 1.82) is 0 Å². The number of aromatic nitrogens is 4. The van der Waals surface area contributed by atoms with Crippen molar-refractivity contribution < 1.29 is 9.18 Å². The summed E-state index contributed by atoms with van der Waals surface area (Å²) >= 11 is 0. The van der Waals surface area contributed by atoms with Crippen molar-refractivity contribution in [3.63, 3.8) is 0 Å². The standard InChI is InChI=1S/C41H40FN7O3/c42-32-23-36-38(45-25-32)48(35-8-3-7-29(21-35)28-11-9-27(10-12-28)26-47-19-4-17-43-18-20-47)41(52)49(40(36)51)34-15-13-33(14-16-34)46-39(50)37-22-30-5-1-2-6-31(30)24-44-37/h1-3,5-12,21-25,33-34,43H,4,13-20,26H2,(H,46,50)/t33-,34+. The number of fused-ring (bicyclic) bond motifs is 2. The van der Waals surface area contributed by atoms with E-state index in [0.29, 0.717) is 37.1 Å². The zero-order valence-electron chi connectivity index (χ0n) is 28.8. The second-order valence-corrected chi connectivity index (χ2v) is 13.8. The number of pyridine rings is 2. The molecule has 2 fully saturated rings. The lowest BCUT2D eigenvalue weighted by Crippen LogP contribution is -2.45. The molecular weight excluding hydrogens is 657 g/mol. The third kappa shape index (κ3) is 6.89. The minimum Gasteiger partial charge on any atom is -0.348 e. The van der Waals surface area contributed by atoms with Crippen LogP contribution in [0.25, 0.3) is 38.6 Å². The molecule has 0 radical (unpaired) electrons. The third-order valence-electron chi connectivity index (χ3n) is 10.4. The number of hydrogen-bond acceptors (Lipinski definition) is 7. The van der Waals surface area contributed by atoms with Crippen molar-refractivity contribution >= 4 is 27.7 Å². The van der Waals surface area contributed by atoms with Gasteiger partial charge < -0.3 is 10.6 Å². The minimum atomic E-state index is -0.652. The van der Waals surface area contributed by atoms with Gasteiger partial charge in [-0.05, 0) is 91.5 Å². The highest BCUT2D eigenvalue weighted by molar-refractivity contribution is 5.96. The topological polar surface area (TPSA) is 114 Å². The summed E-state index contributed by atoms with van der Waals surface area (Å²) in [5.41, 5.74) is 3.02. The number of carbonyl (C=O) groups is 1. The number of carbonyl (C=O) groups excluding carboxylic acids is 1. The molecule has 10 nitrogen and oxygen atoms in total. The largest absolute Gasteiger partial charge is 0.348 e. The maximum Gasteiger partial charge on any atom is 0.337 e. The van der Waals surface area contributed by atoms with Gasteiger partial charge >= 0.3 is 5.69 Å². The minimum absolute atomic E-state index is 0.0378. The molecule has 4 heterocycles. The molecule has 0 spiro atoms. The van der Waals surface area contributed by atoms with E-state index < -0.39 is 23.1 Å². The van der Waals surface area contributed by atoms with Crippen molar-refractivity contribution in [2.24, 2.45) is 0 Å². The van der Waals surface area contributed by atoms with Crippen LogP contribution in [0.4, 0.5) is 4.39 Å². The summed E-state index contributed by atoms with van der Waals surface area (Å²) in [6, 6.07) is 26.1. The first-order chi connectivity index (χ1) is 25.4. The quantitative estimate of drug-likeness (QED) is 0.223. The van der Waals surface area contributed by atoms with Gasteiger partial charge in [-0.3, -0.25) is 24.0 Å². The number of nitrogens with zero attached hydrogens (tertiary/aromatic N) is 5. The average Bonchev–Trinajstić information content (AvgIpc) is 3.45. The van der Waals surface area contributed by atoms with Gasteiger partial charge in [0, 0.05) is 43.3 Å². The summed E-state index contributed by atoms with van der Waals surface area (Å²) in [4.78, 5) is 52.4. The molecule has 11 heteroatoms. The van der Waals surface area contributed by atoms with E-state index in [1.807, 2.05) is 42.5 Å². The monoisotopic (exact) mass is 697 g/mol.